The Balaban J connectivity index is 2.88. The van der Waals surface area contributed by atoms with Crippen LogP contribution in [-0.4, -0.2) is 6.54 Å². The summed E-state index contributed by atoms with van der Waals surface area (Å²) >= 11 is 7.82. The monoisotopic (exact) mass is 245 g/mol. The normalized spacial score (nSPS) is 15.3. The maximum Gasteiger partial charge on any atom is 0.0960 e. The summed E-state index contributed by atoms with van der Waals surface area (Å²) in [6.07, 6.45) is 1.19. The zero-order valence-corrected chi connectivity index (χ0v) is 11.5. The highest BCUT2D eigenvalue weighted by Gasteiger charge is 2.19. The number of aryl methyl sites for hydroxylation is 1. The predicted molar refractivity (Wildman–Crippen MR) is 69.9 cm³/mol. The number of halogens is 1. The first-order chi connectivity index (χ1) is 7.10. The fraction of sp³-hybridized carbons (Fsp3) is 0.667. The third-order valence-electron chi connectivity index (χ3n) is 2.82. The zero-order valence-electron chi connectivity index (χ0n) is 9.93. The number of hydrogen-bond acceptors (Lipinski definition) is 2. The molecule has 1 aromatic rings. The smallest absolute Gasteiger partial charge is 0.0960 e. The van der Waals surface area contributed by atoms with Crippen LogP contribution in [0.1, 0.15) is 43.7 Å². The lowest BCUT2D eigenvalue weighted by atomic mass is 9.97. The van der Waals surface area contributed by atoms with Crippen molar-refractivity contribution < 1.29 is 0 Å². The van der Waals surface area contributed by atoms with Crippen LogP contribution >= 0.6 is 22.9 Å². The lowest BCUT2D eigenvalue weighted by Crippen LogP contribution is -2.25. The molecule has 0 saturated heterocycles. The molecule has 1 nitrogen and oxygen atoms in total. The fourth-order valence-electron chi connectivity index (χ4n) is 1.67. The average Bonchev–Trinajstić information content (AvgIpc) is 2.54. The summed E-state index contributed by atoms with van der Waals surface area (Å²) in [5.74, 6) is 0.652. The highest BCUT2D eigenvalue weighted by atomic mass is 35.5. The Morgan fingerprint density at radius 2 is 2.13 bits per heavy atom. The van der Waals surface area contributed by atoms with Crippen LogP contribution in [0.15, 0.2) is 6.07 Å². The zero-order chi connectivity index (χ0) is 11.4. The molecule has 0 amide bonds. The Hall–Kier alpha value is -0.0500. The van der Waals surface area contributed by atoms with Gasteiger partial charge in [0.1, 0.15) is 0 Å². The van der Waals surface area contributed by atoms with Gasteiger partial charge in [-0.1, -0.05) is 38.8 Å². The molecule has 86 valence electrons. The van der Waals surface area contributed by atoms with Crippen molar-refractivity contribution in [2.75, 3.05) is 6.54 Å². The van der Waals surface area contributed by atoms with Crippen LogP contribution in [0.3, 0.4) is 0 Å². The molecule has 2 unspecified atom stereocenters. The largest absolute Gasteiger partial charge is 0.309 e. The van der Waals surface area contributed by atoms with Crippen LogP contribution in [0.5, 0.6) is 0 Å². The van der Waals surface area contributed by atoms with Crippen molar-refractivity contribution in [2.45, 2.75) is 40.2 Å². The fourth-order valence-corrected chi connectivity index (χ4v) is 3.10. The van der Waals surface area contributed by atoms with E-state index < -0.39 is 0 Å². The molecule has 0 radical (unpaired) electrons. The van der Waals surface area contributed by atoms with Gasteiger partial charge in [-0.25, -0.2) is 0 Å². The maximum absolute atomic E-state index is 6.11. The summed E-state index contributed by atoms with van der Waals surface area (Å²) < 4.78 is 0.927. The molecule has 1 N–H and O–H groups in total. The van der Waals surface area contributed by atoms with Gasteiger partial charge in [0, 0.05) is 10.9 Å². The van der Waals surface area contributed by atoms with Crippen molar-refractivity contribution in [3.05, 3.63) is 20.8 Å². The van der Waals surface area contributed by atoms with Crippen molar-refractivity contribution in [2.24, 2.45) is 5.92 Å². The first kappa shape index (κ1) is 13.0. The van der Waals surface area contributed by atoms with Crippen molar-refractivity contribution in [3.8, 4) is 0 Å². The minimum absolute atomic E-state index is 0.455. The topological polar surface area (TPSA) is 12.0 Å². The van der Waals surface area contributed by atoms with Crippen molar-refractivity contribution in [1.29, 1.82) is 0 Å². The minimum Gasteiger partial charge on any atom is -0.309 e. The molecule has 1 heterocycles. The predicted octanol–water partition coefficient (Wildman–Crippen LogP) is 4.41. The standard InChI is InChI=1S/C12H20ClNS/c1-5-8(3)11(14-6-2)10-7-9(4)12(13)15-10/h7-8,11,14H,5-6H2,1-4H3. The quantitative estimate of drug-likeness (QED) is 0.811. The van der Waals surface area contributed by atoms with Gasteiger partial charge in [-0.05, 0) is 31.0 Å². The molecule has 2 atom stereocenters. The van der Waals surface area contributed by atoms with Crippen molar-refractivity contribution in [3.63, 3.8) is 0 Å². The highest BCUT2D eigenvalue weighted by Crippen LogP contribution is 2.34. The molecule has 0 aliphatic carbocycles. The Labute approximate surface area is 102 Å². The summed E-state index contributed by atoms with van der Waals surface area (Å²) in [6.45, 7) is 9.75. The summed E-state index contributed by atoms with van der Waals surface area (Å²) in [5.41, 5.74) is 1.20. The molecule has 0 aliphatic heterocycles. The van der Waals surface area contributed by atoms with Gasteiger partial charge in [0.15, 0.2) is 0 Å². The Morgan fingerprint density at radius 1 is 1.47 bits per heavy atom. The van der Waals surface area contributed by atoms with E-state index in [0.29, 0.717) is 12.0 Å². The number of rotatable bonds is 5. The summed E-state index contributed by atoms with van der Waals surface area (Å²) in [6, 6.07) is 2.67. The second-order valence-corrected chi connectivity index (χ2v) is 5.71. The molecule has 15 heavy (non-hydrogen) atoms. The van der Waals surface area contributed by atoms with Crippen LogP contribution in [0.4, 0.5) is 0 Å². The molecule has 1 rings (SSSR count). The van der Waals surface area contributed by atoms with Gasteiger partial charge >= 0.3 is 0 Å². The van der Waals surface area contributed by atoms with E-state index >= 15 is 0 Å². The third kappa shape index (κ3) is 3.20. The van der Waals surface area contributed by atoms with Gasteiger partial charge in [0.25, 0.3) is 0 Å². The van der Waals surface area contributed by atoms with E-state index in [1.807, 2.05) is 0 Å². The lowest BCUT2D eigenvalue weighted by Gasteiger charge is -2.22. The van der Waals surface area contributed by atoms with E-state index in [9.17, 15) is 0 Å². The minimum atomic E-state index is 0.455. The van der Waals surface area contributed by atoms with Gasteiger partial charge in [-0.15, -0.1) is 11.3 Å². The second-order valence-electron chi connectivity index (χ2n) is 4.03. The number of nitrogens with one attached hydrogen (secondary N) is 1. The Bertz CT molecular complexity index is 289. The van der Waals surface area contributed by atoms with Crippen LogP contribution in [0.2, 0.25) is 4.34 Å². The van der Waals surface area contributed by atoms with Gasteiger partial charge < -0.3 is 5.32 Å². The first-order valence-electron chi connectivity index (χ1n) is 5.59. The first-order valence-corrected chi connectivity index (χ1v) is 6.78. The summed E-state index contributed by atoms with van der Waals surface area (Å²) in [7, 11) is 0. The maximum atomic E-state index is 6.11. The van der Waals surface area contributed by atoms with E-state index in [-0.39, 0.29) is 0 Å². The van der Waals surface area contributed by atoms with Crippen LogP contribution in [0.25, 0.3) is 0 Å². The van der Waals surface area contributed by atoms with Crippen molar-refractivity contribution in [1.82, 2.24) is 5.32 Å². The summed E-state index contributed by atoms with van der Waals surface area (Å²) in [5, 5.41) is 3.54. The SMILES string of the molecule is CCNC(c1cc(C)c(Cl)s1)C(C)CC. The molecule has 0 spiro atoms. The van der Waals surface area contributed by atoms with E-state index in [2.05, 4.69) is 39.1 Å². The van der Waals surface area contributed by atoms with Gasteiger partial charge in [0.2, 0.25) is 0 Å². The molecular formula is C12H20ClNS. The highest BCUT2D eigenvalue weighted by molar-refractivity contribution is 7.16. The molecule has 0 fully saturated rings. The van der Waals surface area contributed by atoms with E-state index in [1.165, 1.54) is 16.9 Å². The molecule has 0 aromatic carbocycles. The lowest BCUT2D eigenvalue weighted by molar-refractivity contribution is 0.389. The summed E-state index contributed by atoms with van der Waals surface area (Å²) in [4.78, 5) is 1.37. The Kier molecular flexibility index (Phi) is 5.10. The molecule has 3 heteroatoms. The van der Waals surface area contributed by atoms with Crippen LogP contribution in [0, 0.1) is 12.8 Å². The number of thiophene rings is 1. The second kappa shape index (κ2) is 5.88. The van der Waals surface area contributed by atoms with E-state index in [0.717, 1.165) is 10.9 Å². The van der Waals surface area contributed by atoms with Crippen LogP contribution in [-0.2, 0) is 0 Å². The third-order valence-corrected chi connectivity index (χ3v) is 4.46. The van der Waals surface area contributed by atoms with Crippen LogP contribution < -0.4 is 5.32 Å². The molecule has 1 aromatic heterocycles. The van der Waals surface area contributed by atoms with Crippen molar-refractivity contribution >= 4 is 22.9 Å². The molecule has 0 bridgehead atoms. The number of hydrogen-bond donors (Lipinski definition) is 1. The van der Waals surface area contributed by atoms with Gasteiger partial charge in [-0.3, -0.25) is 0 Å². The average molecular weight is 246 g/mol. The molecule has 0 aliphatic rings. The van der Waals surface area contributed by atoms with E-state index in [4.69, 9.17) is 11.6 Å². The van der Waals surface area contributed by atoms with Gasteiger partial charge in [0.05, 0.1) is 4.34 Å². The molecule has 0 saturated carbocycles. The van der Waals surface area contributed by atoms with Gasteiger partial charge in [-0.2, -0.15) is 0 Å². The van der Waals surface area contributed by atoms with E-state index in [1.54, 1.807) is 11.3 Å². The Morgan fingerprint density at radius 3 is 2.53 bits per heavy atom. The molecular weight excluding hydrogens is 226 g/mol.